The van der Waals surface area contributed by atoms with Gasteiger partial charge in [0, 0.05) is 19.0 Å². The van der Waals surface area contributed by atoms with E-state index in [4.69, 9.17) is 9.98 Å². The normalized spacial score (nSPS) is 18.2. The maximum absolute atomic E-state index is 4.82. The predicted molar refractivity (Wildman–Crippen MR) is 82.4 cm³/mol. The van der Waals surface area contributed by atoms with Gasteiger partial charge in [-0.1, -0.05) is 20.8 Å². The van der Waals surface area contributed by atoms with Gasteiger partial charge in [0.25, 0.3) is 0 Å². The first-order valence-electron chi connectivity index (χ1n) is 7.82. The van der Waals surface area contributed by atoms with Crippen LogP contribution in [-0.2, 0) is 0 Å². The molecule has 5 nitrogen and oxygen atoms in total. The Hall–Kier alpha value is -1.52. The molecule has 0 radical (unpaired) electrons. The minimum atomic E-state index is 0.413. The van der Waals surface area contributed by atoms with Gasteiger partial charge in [0.1, 0.15) is 18.2 Å². The van der Waals surface area contributed by atoms with Crippen molar-refractivity contribution in [3.05, 3.63) is 11.5 Å². The van der Waals surface area contributed by atoms with E-state index in [1.54, 1.807) is 0 Å². The summed E-state index contributed by atoms with van der Waals surface area (Å²) in [6.45, 7) is 9.30. The maximum atomic E-state index is 4.82. The molecular formula is C15H25N5. The third-order valence-electron chi connectivity index (χ3n) is 3.90. The highest BCUT2D eigenvalue weighted by Crippen LogP contribution is 2.33. The molecule has 0 bridgehead atoms. The molecule has 1 aromatic heterocycles. The number of H-pyrrole nitrogens is 1. The minimum Gasteiger partial charge on any atom is -0.368 e. The van der Waals surface area contributed by atoms with E-state index in [2.05, 4.69) is 36.0 Å². The van der Waals surface area contributed by atoms with Crippen molar-refractivity contribution in [2.75, 3.05) is 24.7 Å². The molecule has 1 aromatic rings. The summed E-state index contributed by atoms with van der Waals surface area (Å²) in [7, 11) is 0. The van der Waals surface area contributed by atoms with Crippen LogP contribution in [0, 0.1) is 5.92 Å². The molecule has 0 spiro atoms. The lowest BCUT2D eigenvalue weighted by molar-refractivity contribution is 0.708. The Morgan fingerprint density at radius 1 is 1.40 bits per heavy atom. The lowest BCUT2D eigenvalue weighted by Crippen LogP contribution is -2.37. The number of aromatic nitrogens is 2. The number of hydrogen-bond acceptors (Lipinski definition) is 4. The van der Waals surface area contributed by atoms with Gasteiger partial charge in [-0.3, -0.25) is 0 Å². The summed E-state index contributed by atoms with van der Waals surface area (Å²) < 4.78 is 0. The first-order valence-corrected chi connectivity index (χ1v) is 7.82. The standard InChI is InChI=1S/C15H25N5/c1-4-7-16-14-12-15(19-13(18-12)10(2)3)20(9-17-14)8-11-5-6-11/h10-11H,4-9H2,1-3H3,(H,16,17)(H,18,19). The zero-order valence-electron chi connectivity index (χ0n) is 12.7. The Morgan fingerprint density at radius 3 is 2.85 bits per heavy atom. The number of anilines is 1. The third-order valence-corrected chi connectivity index (χ3v) is 3.90. The van der Waals surface area contributed by atoms with Crippen molar-refractivity contribution < 1.29 is 0 Å². The molecular weight excluding hydrogens is 250 g/mol. The van der Waals surface area contributed by atoms with Gasteiger partial charge >= 0.3 is 0 Å². The molecule has 1 aliphatic heterocycles. The Labute approximate surface area is 120 Å². The first-order chi connectivity index (χ1) is 9.69. The number of amidine groups is 1. The number of fused-ring (bicyclic) bond motifs is 1. The average Bonchev–Trinajstić information content (AvgIpc) is 3.12. The second-order valence-electron chi connectivity index (χ2n) is 6.22. The molecule has 3 rings (SSSR count). The average molecular weight is 275 g/mol. The Kier molecular flexibility index (Phi) is 3.68. The number of nitrogens with zero attached hydrogens (tertiary/aromatic N) is 3. The fourth-order valence-electron chi connectivity index (χ4n) is 2.50. The van der Waals surface area contributed by atoms with Crippen molar-refractivity contribution in [2.45, 2.75) is 46.0 Å². The van der Waals surface area contributed by atoms with E-state index in [0.29, 0.717) is 5.92 Å². The van der Waals surface area contributed by atoms with Gasteiger partial charge in [-0.2, -0.15) is 0 Å². The second kappa shape index (κ2) is 5.46. The Balaban J connectivity index is 1.86. The van der Waals surface area contributed by atoms with Crippen LogP contribution < -0.4 is 10.2 Å². The summed E-state index contributed by atoms with van der Waals surface area (Å²) in [5.41, 5.74) is 1.08. The van der Waals surface area contributed by atoms with Crippen LogP contribution in [-0.4, -0.2) is 35.6 Å². The quantitative estimate of drug-likeness (QED) is 0.868. The van der Waals surface area contributed by atoms with Crippen LogP contribution in [0.5, 0.6) is 0 Å². The molecule has 2 aliphatic rings. The van der Waals surface area contributed by atoms with Crippen LogP contribution in [0.15, 0.2) is 4.99 Å². The highest BCUT2D eigenvalue weighted by Gasteiger charge is 2.30. The Morgan fingerprint density at radius 2 is 2.20 bits per heavy atom. The monoisotopic (exact) mass is 275 g/mol. The molecule has 1 aliphatic carbocycles. The molecule has 1 fully saturated rings. The van der Waals surface area contributed by atoms with Crippen LogP contribution in [0.1, 0.15) is 57.5 Å². The van der Waals surface area contributed by atoms with E-state index in [0.717, 1.165) is 55.3 Å². The summed E-state index contributed by atoms with van der Waals surface area (Å²) in [6, 6.07) is 0. The van der Waals surface area contributed by atoms with Gasteiger partial charge in [-0.05, 0) is 25.2 Å². The lowest BCUT2D eigenvalue weighted by atomic mass is 10.2. The Bertz CT molecular complexity index is 498. The van der Waals surface area contributed by atoms with Crippen LogP contribution in [0.25, 0.3) is 0 Å². The molecule has 5 heteroatoms. The zero-order chi connectivity index (χ0) is 14.1. The number of aromatic amines is 1. The van der Waals surface area contributed by atoms with Gasteiger partial charge in [-0.15, -0.1) is 0 Å². The first kappa shape index (κ1) is 13.5. The molecule has 0 unspecified atom stereocenters. The molecule has 0 amide bonds. The van der Waals surface area contributed by atoms with Crippen molar-refractivity contribution in [2.24, 2.45) is 10.9 Å². The van der Waals surface area contributed by atoms with Crippen LogP contribution in [0.2, 0.25) is 0 Å². The van der Waals surface area contributed by atoms with Crippen molar-refractivity contribution in [3.8, 4) is 0 Å². The number of hydrogen-bond donors (Lipinski definition) is 2. The largest absolute Gasteiger partial charge is 0.368 e. The summed E-state index contributed by atoms with van der Waals surface area (Å²) in [6.07, 6.45) is 3.82. The maximum Gasteiger partial charge on any atom is 0.159 e. The predicted octanol–water partition coefficient (Wildman–Crippen LogP) is 2.47. The fourth-order valence-corrected chi connectivity index (χ4v) is 2.50. The number of imidazole rings is 1. The molecule has 0 saturated heterocycles. The van der Waals surface area contributed by atoms with E-state index in [-0.39, 0.29) is 0 Å². The molecule has 20 heavy (non-hydrogen) atoms. The molecule has 1 saturated carbocycles. The van der Waals surface area contributed by atoms with E-state index in [1.807, 2.05) is 0 Å². The number of aliphatic imine (C=N–C) groups is 1. The molecule has 2 N–H and O–H groups in total. The van der Waals surface area contributed by atoms with Crippen molar-refractivity contribution in [1.82, 2.24) is 15.3 Å². The third kappa shape index (κ3) is 2.67. The molecule has 0 aromatic carbocycles. The fraction of sp³-hybridized carbons (Fsp3) is 0.733. The van der Waals surface area contributed by atoms with Gasteiger partial charge < -0.3 is 15.2 Å². The van der Waals surface area contributed by atoms with Crippen molar-refractivity contribution in [1.29, 1.82) is 0 Å². The van der Waals surface area contributed by atoms with Crippen molar-refractivity contribution >= 4 is 11.7 Å². The summed E-state index contributed by atoms with van der Waals surface area (Å²) >= 11 is 0. The van der Waals surface area contributed by atoms with Crippen LogP contribution in [0.3, 0.4) is 0 Å². The molecule has 2 heterocycles. The SMILES string of the molecule is CCCNC1=NCN(CC2CC2)c2nc(C(C)C)[nH]c21. The number of rotatable bonds is 5. The van der Waals surface area contributed by atoms with Crippen LogP contribution in [0.4, 0.5) is 5.82 Å². The summed E-state index contributed by atoms with van der Waals surface area (Å²) in [5.74, 6) is 4.39. The van der Waals surface area contributed by atoms with Crippen LogP contribution >= 0.6 is 0 Å². The van der Waals surface area contributed by atoms with E-state index >= 15 is 0 Å². The molecule has 0 atom stereocenters. The summed E-state index contributed by atoms with van der Waals surface area (Å²) in [5, 5.41) is 3.42. The van der Waals surface area contributed by atoms with E-state index in [1.165, 1.54) is 12.8 Å². The van der Waals surface area contributed by atoms with E-state index < -0.39 is 0 Å². The number of nitrogens with one attached hydrogen (secondary N) is 2. The zero-order valence-corrected chi connectivity index (χ0v) is 12.7. The topological polar surface area (TPSA) is 56.3 Å². The summed E-state index contributed by atoms with van der Waals surface area (Å²) in [4.78, 5) is 15.3. The van der Waals surface area contributed by atoms with Gasteiger partial charge in [0.05, 0.1) is 0 Å². The smallest absolute Gasteiger partial charge is 0.159 e. The lowest BCUT2D eigenvalue weighted by Gasteiger charge is -2.26. The molecule has 110 valence electrons. The minimum absolute atomic E-state index is 0.413. The van der Waals surface area contributed by atoms with Gasteiger partial charge in [0.2, 0.25) is 0 Å². The highest BCUT2D eigenvalue weighted by atomic mass is 15.3. The second-order valence-corrected chi connectivity index (χ2v) is 6.22. The van der Waals surface area contributed by atoms with Gasteiger partial charge in [-0.25, -0.2) is 9.98 Å². The highest BCUT2D eigenvalue weighted by molar-refractivity contribution is 6.02. The van der Waals surface area contributed by atoms with Crippen molar-refractivity contribution in [3.63, 3.8) is 0 Å². The van der Waals surface area contributed by atoms with Gasteiger partial charge in [0.15, 0.2) is 11.7 Å². The van der Waals surface area contributed by atoms with E-state index in [9.17, 15) is 0 Å².